The van der Waals surface area contributed by atoms with Crippen LogP contribution >= 0.6 is 0 Å². The quantitative estimate of drug-likeness (QED) is 0.780. The van der Waals surface area contributed by atoms with Crippen LogP contribution in [0.15, 0.2) is 0 Å². The SMILES string of the molecule is CCN(C)CCNC(=O)C1CCN(C(=O)C2CC2)CC1. The van der Waals surface area contributed by atoms with Gasteiger partial charge in [0.25, 0.3) is 0 Å². The summed E-state index contributed by atoms with van der Waals surface area (Å²) in [4.78, 5) is 28.1. The Hall–Kier alpha value is -1.10. The Bertz CT molecular complexity index is 347. The maximum atomic E-state index is 12.1. The first kappa shape index (κ1) is 15.3. The fourth-order valence-electron chi connectivity index (χ4n) is 2.62. The number of rotatable bonds is 6. The molecule has 20 heavy (non-hydrogen) atoms. The lowest BCUT2D eigenvalue weighted by Crippen LogP contribution is -2.44. The summed E-state index contributed by atoms with van der Waals surface area (Å²) in [5.74, 6) is 0.858. The van der Waals surface area contributed by atoms with Crippen molar-refractivity contribution in [2.75, 3.05) is 39.8 Å². The molecular formula is C15H27N3O2. The zero-order valence-electron chi connectivity index (χ0n) is 12.7. The molecule has 2 aliphatic rings. The van der Waals surface area contributed by atoms with Gasteiger partial charge in [-0.2, -0.15) is 0 Å². The summed E-state index contributed by atoms with van der Waals surface area (Å²) >= 11 is 0. The van der Waals surface area contributed by atoms with Crippen molar-refractivity contribution < 1.29 is 9.59 Å². The molecule has 0 bridgehead atoms. The maximum Gasteiger partial charge on any atom is 0.225 e. The highest BCUT2D eigenvalue weighted by Gasteiger charge is 2.35. The molecule has 1 aliphatic heterocycles. The van der Waals surface area contributed by atoms with Crippen molar-refractivity contribution in [3.05, 3.63) is 0 Å². The van der Waals surface area contributed by atoms with Gasteiger partial charge in [-0.1, -0.05) is 6.92 Å². The molecule has 0 spiro atoms. The first-order chi connectivity index (χ1) is 9.61. The topological polar surface area (TPSA) is 52.7 Å². The van der Waals surface area contributed by atoms with E-state index in [0.29, 0.717) is 18.4 Å². The summed E-state index contributed by atoms with van der Waals surface area (Å²) in [6, 6.07) is 0. The molecule has 114 valence electrons. The maximum absolute atomic E-state index is 12.1. The Morgan fingerprint density at radius 2 is 1.80 bits per heavy atom. The summed E-state index contributed by atoms with van der Waals surface area (Å²) in [6.45, 7) is 6.21. The van der Waals surface area contributed by atoms with Crippen molar-refractivity contribution in [3.8, 4) is 0 Å². The van der Waals surface area contributed by atoms with Crippen molar-refractivity contribution in [3.63, 3.8) is 0 Å². The lowest BCUT2D eigenvalue weighted by molar-refractivity contribution is -0.136. The second kappa shape index (κ2) is 7.07. The largest absolute Gasteiger partial charge is 0.355 e. The van der Waals surface area contributed by atoms with E-state index in [9.17, 15) is 9.59 Å². The second-order valence-electron chi connectivity index (χ2n) is 6.06. The van der Waals surface area contributed by atoms with Crippen LogP contribution in [-0.2, 0) is 9.59 Å². The molecule has 5 heteroatoms. The summed E-state index contributed by atoms with van der Waals surface area (Å²) in [6.07, 6.45) is 3.75. The van der Waals surface area contributed by atoms with Crippen LogP contribution in [0.25, 0.3) is 0 Å². The summed E-state index contributed by atoms with van der Waals surface area (Å²) < 4.78 is 0. The predicted molar refractivity (Wildman–Crippen MR) is 78.2 cm³/mol. The van der Waals surface area contributed by atoms with Gasteiger partial charge >= 0.3 is 0 Å². The third-order valence-corrected chi connectivity index (χ3v) is 4.44. The van der Waals surface area contributed by atoms with E-state index < -0.39 is 0 Å². The highest BCUT2D eigenvalue weighted by atomic mass is 16.2. The third-order valence-electron chi connectivity index (χ3n) is 4.44. The molecule has 2 amide bonds. The second-order valence-corrected chi connectivity index (χ2v) is 6.06. The van der Waals surface area contributed by atoms with E-state index in [2.05, 4.69) is 17.1 Å². The number of likely N-dealkylation sites (tertiary alicyclic amines) is 1. The highest BCUT2D eigenvalue weighted by molar-refractivity contribution is 5.82. The Labute approximate surface area is 121 Å². The molecule has 0 aromatic heterocycles. The lowest BCUT2D eigenvalue weighted by Gasteiger charge is -2.31. The highest BCUT2D eigenvalue weighted by Crippen LogP contribution is 2.32. The molecule has 2 rings (SSSR count). The minimum absolute atomic E-state index is 0.0881. The third kappa shape index (κ3) is 4.20. The van der Waals surface area contributed by atoms with E-state index >= 15 is 0 Å². The van der Waals surface area contributed by atoms with Gasteiger partial charge in [0.15, 0.2) is 0 Å². The van der Waals surface area contributed by atoms with Crippen molar-refractivity contribution in [2.45, 2.75) is 32.6 Å². The molecule has 0 aromatic carbocycles. The van der Waals surface area contributed by atoms with Crippen LogP contribution in [-0.4, -0.2) is 61.4 Å². The van der Waals surface area contributed by atoms with E-state index in [4.69, 9.17) is 0 Å². The fourth-order valence-corrected chi connectivity index (χ4v) is 2.62. The van der Waals surface area contributed by atoms with Gasteiger partial charge < -0.3 is 15.1 Å². The molecule has 1 heterocycles. The van der Waals surface area contributed by atoms with Crippen LogP contribution in [0.2, 0.25) is 0 Å². The lowest BCUT2D eigenvalue weighted by atomic mass is 9.95. The number of hydrogen-bond acceptors (Lipinski definition) is 3. The zero-order chi connectivity index (χ0) is 14.5. The van der Waals surface area contributed by atoms with Crippen molar-refractivity contribution >= 4 is 11.8 Å². The fraction of sp³-hybridized carbons (Fsp3) is 0.867. The Balaban J connectivity index is 1.65. The number of amides is 2. The monoisotopic (exact) mass is 281 g/mol. The van der Waals surface area contributed by atoms with E-state index in [1.807, 2.05) is 11.9 Å². The normalized spacial score (nSPS) is 20.2. The van der Waals surface area contributed by atoms with E-state index in [1.165, 1.54) is 0 Å². The summed E-state index contributed by atoms with van der Waals surface area (Å²) in [5, 5.41) is 3.01. The van der Waals surface area contributed by atoms with Crippen LogP contribution in [0.3, 0.4) is 0 Å². The summed E-state index contributed by atoms with van der Waals surface area (Å²) in [7, 11) is 2.05. The van der Waals surface area contributed by atoms with Gasteiger partial charge in [-0.3, -0.25) is 9.59 Å². The number of carbonyl (C=O) groups is 2. The number of nitrogens with one attached hydrogen (secondary N) is 1. The van der Waals surface area contributed by atoms with Gasteiger partial charge in [0.2, 0.25) is 11.8 Å². The molecule has 0 aromatic rings. The van der Waals surface area contributed by atoms with Crippen LogP contribution in [0.4, 0.5) is 0 Å². The van der Waals surface area contributed by atoms with Crippen LogP contribution in [0.5, 0.6) is 0 Å². The summed E-state index contributed by atoms with van der Waals surface area (Å²) in [5.41, 5.74) is 0. The van der Waals surface area contributed by atoms with Crippen molar-refractivity contribution in [1.29, 1.82) is 0 Å². The Kier molecular flexibility index (Phi) is 5.40. The molecule has 0 radical (unpaired) electrons. The average Bonchev–Trinajstić information content (AvgIpc) is 3.31. The first-order valence-corrected chi connectivity index (χ1v) is 7.86. The van der Waals surface area contributed by atoms with Gasteiger partial charge in [0, 0.05) is 38.0 Å². The minimum Gasteiger partial charge on any atom is -0.355 e. The van der Waals surface area contributed by atoms with Crippen molar-refractivity contribution in [1.82, 2.24) is 15.1 Å². The molecule has 1 saturated carbocycles. The number of piperidine rings is 1. The van der Waals surface area contributed by atoms with Gasteiger partial charge in [0.1, 0.15) is 0 Å². The van der Waals surface area contributed by atoms with Crippen LogP contribution < -0.4 is 5.32 Å². The van der Waals surface area contributed by atoms with Gasteiger partial charge in [-0.15, -0.1) is 0 Å². The van der Waals surface area contributed by atoms with Gasteiger partial charge in [0.05, 0.1) is 0 Å². The Morgan fingerprint density at radius 3 is 2.35 bits per heavy atom. The predicted octanol–water partition coefficient (Wildman–Crippen LogP) is 0.703. The number of carbonyl (C=O) groups excluding carboxylic acids is 2. The first-order valence-electron chi connectivity index (χ1n) is 7.86. The van der Waals surface area contributed by atoms with Crippen LogP contribution in [0, 0.1) is 11.8 Å². The molecule has 0 atom stereocenters. The number of nitrogens with zero attached hydrogens (tertiary/aromatic N) is 2. The van der Waals surface area contributed by atoms with E-state index in [0.717, 1.165) is 51.9 Å². The standard InChI is InChI=1S/C15H27N3O2/c1-3-17(2)11-8-16-14(19)12-6-9-18(10-7-12)15(20)13-4-5-13/h12-13H,3-11H2,1-2H3,(H,16,19). The van der Waals surface area contributed by atoms with Gasteiger partial charge in [-0.05, 0) is 39.3 Å². The molecular weight excluding hydrogens is 254 g/mol. The van der Waals surface area contributed by atoms with Crippen LogP contribution in [0.1, 0.15) is 32.6 Å². The molecule has 1 saturated heterocycles. The van der Waals surface area contributed by atoms with E-state index in [1.54, 1.807) is 0 Å². The Morgan fingerprint density at radius 1 is 1.15 bits per heavy atom. The van der Waals surface area contributed by atoms with E-state index in [-0.39, 0.29) is 11.8 Å². The molecule has 1 aliphatic carbocycles. The average molecular weight is 281 g/mol. The molecule has 5 nitrogen and oxygen atoms in total. The number of likely N-dealkylation sites (N-methyl/N-ethyl adjacent to an activating group) is 1. The smallest absolute Gasteiger partial charge is 0.225 e. The van der Waals surface area contributed by atoms with Gasteiger partial charge in [-0.25, -0.2) is 0 Å². The number of hydrogen-bond donors (Lipinski definition) is 1. The molecule has 2 fully saturated rings. The molecule has 1 N–H and O–H groups in total. The minimum atomic E-state index is 0.0881. The van der Waals surface area contributed by atoms with Crippen molar-refractivity contribution in [2.24, 2.45) is 11.8 Å². The molecule has 0 unspecified atom stereocenters. The zero-order valence-corrected chi connectivity index (χ0v) is 12.7.